The number of ether oxygens (including phenoxy) is 1. The number of hydrogen-bond donors (Lipinski definition) is 1. The molecule has 1 aromatic heterocycles. The lowest BCUT2D eigenvalue weighted by Crippen LogP contribution is -2.36. The molecule has 0 aliphatic carbocycles. The third-order valence-electron chi connectivity index (χ3n) is 3.46. The molecule has 0 unspecified atom stereocenters. The normalized spacial score (nSPS) is 11.6. The van der Waals surface area contributed by atoms with Gasteiger partial charge in [-0.25, -0.2) is 13.2 Å². The number of benzene rings is 1. The van der Waals surface area contributed by atoms with Crippen molar-refractivity contribution in [3.05, 3.63) is 53.8 Å². The number of sulfonamides is 1. The van der Waals surface area contributed by atoms with Crippen molar-refractivity contribution in [1.29, 1.82) is 0 Å². The van der Waals surface area contributed by atoms with Crippen molar-refractivity contribution in [1.82, 2.24) is 4.31 Å². The van der Waals surface area contributed by atoms with E-state index in [1.54, 1.807) is 0 Å². The summed E-state index contributed by atoms with van der Waals surface area (Å²) in [6.45, 7) is 0.597. The topological polar surface area (TPSA) is 103 Å². The largest absolute Gasteiger partial charge is 0.465 e. The minimum absolute atomic E-state index is 0.0480. The number of nitrogens with zero attached hydrogens (tertiary/aromatic N) is 1. The van der Waals surface area contributed by atoms with Crippen LogP contribution in [0.25, 0.3) is 0 Å². The lowest BCUT2D eigenvalue weighted by Gasteiger charge is -2.20. The summed E-state index contributed by atoms with van der Waals surface area (Å²) in [6.07, 6.45) is 1.61. The molecule has 0 saturated carbocycles. The van der Waals surface area contributed by atoms with Crippen LogP contribution in [0.5, 0.6) is 0 Å². The first-order valence-corrected chi connectivity index (χ1v) is 8.84. The fourth-order valence-corrected chi connectivity index (χ4v) is 3.58. The highest BCUT2D eigenvalue weighted by atomic mass is 32.2. The predicted molar refractivity (Wildman–Crippen MR) is 88.0 cm³/mol. The van der Waals surface area contributed by atoms with Crippen LogP contribution in [-0.4, -0.2) is 45.4 Å². The Bertz CT molecular complexity index is 771. The molecule has 0 radical (unpaired) electrons. The summed E-state index contributed by atoms with van der Waals surface area (Å²) in [5, 5.41) is -0.301. The van der Waals surface area contributed by atoms with Crippen LogP contribution >= 0.6 is 0 Å². The Morgan fingerprint density at radius 1 is 1.25 bits per heavy atom. The first-order chi connectivity index (χ1) is 11.5. The summed E-state index contributed by atoms with van der Waals surface area (Å²) >= 11 is 0. The van der Waals surface area contributed by atoms with E-state index in [2.05, 4.69) is 4.74 Å². The van der Waals surface area contributed by atoms with Crippen molar-refractivity contribution in [2.24, 2.45) is 5.73 Å². The Morgan fingerprint density at radius 3 is 2.58 bits per heavy atom. The van der Waals surface area contributed by atoms with E-state index in [0.29, 0.717) is 6.42 Å². The van der Waals surface area contributed by atoms with Crippen LogP contribution in [0.1, 0.15) is 15.9 Å². The molecule has 2 rings (SSSR count). The zero-order valence-corrected chi connectivity index (χ0v) is 14.2. The molecule has 0 amide bonds. The van der Waals surface area contributed by atoms with Crippen molar-refractivity contribution in [3.63, 3.8) is 0 Å². The predicted octanol–water partition coefficient (Wildman–Crippen LogP) is 1.26. The lowest BCUT2D eigenvalue weighted by atomic mass is 10.1. The Balaban J connectivity index is 2.18. The van der Waals surface area contributed by atoms with Gasteiger partial charge in [-0.2, -0.15) is 4.31 Å². The van der Waals surface area contributed by atoms with E-state index in [1.807, 2.05) is 30.3 Å². The van der Waals surface area contributed by atoms with Gasteiger partial charge in [-0.15, -0.1) is 0 Å². The molecule has 2 N–H and O–H groups in total. The number of furan rings is 1. The summed E-state index contributed by atoms with van der Waals surface area (Å²) in [6, 6.07) is 10.7. The summed E-state index contributed by atoms with van der Waals surface area (Å²) in [5.41, 5.74) is 6.60. The highest BCUT2D eigenvalue weighted by Gasteiger charge is 2.28. The van der Waals surface area contributed by atoms with Gasteiger partial charge in [0.25, 0.3) is 10.0 Å². The molecule has 1 aromatic carbocycles. The number of rotatable bonds is 8. The Hall–Kier alpha value is -2.16. The van der Waals surface area contributed by atoms with Gasteiger partial charge in [-0.3, -0.25) is 0 Å². The minimum Gasteiger partial charge on any atom is -0.465 e. The van der Waals surface area contributed by atoms with Crippen LogP contribution in [-0.2, 0) is 21.2 Å². The molecule has 0 bridgehead atoms. The molecule has 8 heteroatoms. The standard InChI is InChI=1S/C16H20N2O5S/c1-22-16(19)14-11-15(23-12-14)24(20,21)18(10-8-17)9-7-13-5-3-2-4-6-13/h2-6,11-12H,7-10,17H2,1H3. The van der Waals surface area contributed by atoms with Gasteiger partial charge in [0, 0.05) is 25.7 Å². The van der Waals surface area contributed by atoms with Gasteiger partial charge in [-0.1, -0.05) is 30.3 Å². The molecule has 0 aliphatic heterocycles. The van der Waals surface area contributed by atoms with Crippen LogP contribution in [0.3, 0.4) is 0 Å². The van der Waals surface area contributed by atoms with E-state index < -0.39 is 16.0 Å². The second-order valence-electron chi connectivity index (χ2n) is 5.07. The van der Waals surface area contributed by atoms with Crippen LogP contribution in [0, 0.1) is 0 Å². The number of hydrogen-bond acceptors (Lipinski definition) is 6. The van der Waals surface area contributed by atoms with Crippen LogP contribution in [0.4, 0.5) is 0 Å². The van der Waals surface area contributed by atoms with Crippen molar-refractivity contribution in [2.75, 3.05) is 26.7 Å². The Labute approximate surface area is 141 Å². The van der Waals surface area contributed by atoms with Gasteiger partial charge in [0.1, 0.15) is 6.26 Å². The van der Waals surface area contributed by atoms with Gasteiger partial charge in [0.2, 0.25) is 5.09 Å². The third-order valence-corrected chi connectivity index (χ3v) is 5.23. The summed E-state index contributed by atoms with van der Waals surface area (Å²) in [4.78, 5) is 11.4. The molecule has 2 aromatic rings. The molecule has 1 heterocycles. The monoisotopic (exact) mass is 352 g/mol. The Morgan fingerprint density at radius 2 is 1.96 bits per heavy atom. The molecule has 0 saturated heterocycles. The SMILES string of the molecule is COC(=O)c1coc(S(=O)(=O)N(CCN)CCc2ccccc2)c1. The zero-order valence-electron chi connectivity index (χ0n) is 13.3. The first kappa shape index (κ1) is 18.2. The van der Waals surface area contributed by atoms with E-state index in [0.717, 1.165) is 17.9 Å². The fourth-order valence-electron chi connectivity index (χ4n) is 2.20. The van der Waals surface area contributed by atoms with Crippen LogP contribution in [0.2, 0.25) is 0 Å². The van der Waals surface area contributed by atoms with Gasteiger partial charge >= 0.3 is 5.97 Å². The van der Waals surface area contributed by atoms with Gasteiger partial charge in [0.15, 0.2) is 0 Å². The quantitative estimate of drug-likeness (QED) is 0.718. The van der Waals surface area contributed by atoms with Crippen molar-refractivity contribution in [2.45, 2.75) is 11.5 Å². The number of methoxy groups -OCH3 is 1. The highest BCUT2D eigenvalue weighted by Crippen LogP contribution is 2.19. The molecule has 7 nitrogen and oxygen atoms in total. The van der Waals surface area contributed by atoms with E-state index in [-0.39, 0.29) is 30.3 Å². The minimum atomic E-state index is -3.88. The van der Waals surface area contributed by atoms with E-state index in [1.165, 1.54) is 11.4 Å². The van der Waals surface area contributed by atoms with Crippen molar-refractivity contribution >= 4 is 16.0 Å². The van der Waals surface area contributed by atoms with E-state index in [4.69, 9.17) is 10.2 Å². The second-order valence-corrected chi connectivity index (χ2v) is 6.94. The number of esters is 1. The van der Waals surface area contributed by atoms with Crippen molar-refractivity contribution in [3.8, 4) is 0 Å². The fraction of sp³-hybridized carbons (Fsp3) is 0.312. The molecular weight excluding hydrogens is 332 g/mol. The second kappa shape index (κ2) is 8.09. The maximum Gasteiger partial charge on any atom is 0.341 e. The molecule has 0 atom stereocenters. The molecule has 24 heavy (non-hydrogen) atoms. The first-order valence-electron chi connectivity index (χ1n) is 7.40. The lowest BCUT2D eigenvalue weighted by molar-refractivity contribution is 0.0600. The summed E-state index contributed by atoms with van der Waals surface area (Å²) in [5.74, 6) is -0.658. The summed E-state index contributed by atoms with van der Waals surface area (Å²) in [7, 11) is -2.66. The smallest absolute Gasteiger partial charge is 0.341 e. The molecular formula is C16H20N2O5S. The average Bonchev–Trinajstić information content (AvgIpc) is 3.09. The van der Waals surface area contributed by atoms with Gasteiger partial charge < -0.3 is 14.9 Å². The van der Waals surface area contributed by atoms with Crippen LogP contribution < -0.4 is 5.73 Å². The van der Waals surface area contributed by atoms with E-state index in [9.17, 15) is 13.2 Å². The third kappa shape index (κ3) is 4.22. The highest BCUT2D eigenvalue weighted by molar-refractivity contribution is 7.89. The molecule has 130 valence electrons. The number of nitrogens with two attached hydrogens (primary N) is 1. The zero-order chi connectivity index (χ0) is 17.6. The molecule has 0 fully saturated rings. The van der Waals surface area contributed by atoms with Gasteiger partial charge in [-0.05, 0) is 12.0 Å². The maximum absolute atomic E-state index is 12.7. The molecule has 0 spiro atoms. The average molecular weight is 352 g/mol. The molecule has 0 aliphatic rings. The summed E-state index contributed by atoms with van der Waals surface area (Å²) < 4.78 is 36.2. The van der Waals surface area contributed by atoms with Crippen molar-refractivity contribution < 1.29 is 22.4 Å². The van der Waals surface area contributed by atoms with Crippen LogP contribution in [0.15, 0.2) is 52.2 Å². The maximum atomic E-state index is 12.7. The van der Waals surface area contributed by atoms with Gasteiger partial charge in [0.05, 0.1) is 12.7 Å². The number of carbonyl (C=O) groups is 1. The van der Waals surface area contributed by atoms with E-state index >= 15 is 0 Å². The number of carbonyl (C=O) groups excluding carboxylic acids is 1. The Kier molecular flexibility index (Phi) is 6.13.